The van der Waals surface area contributed by atoms with Gasteiger partial charge in [-0.2, -0.15) is 0 Å². The van der Waals surface area contributed by atoms with E-state index >= 15 is 0 Å². The first-order chi connectivity index (χ1) is 8.83. The number of rotatable bonds is 5. The van der Waals surface area contributed by atoms with Crippen LogP contribution in [0.15, 0.2) is 18.3 Å². The summed E-state index contributed by atoms with van der Waals surface area (Å²) in [4.78, 5) is 4.41. The van der Waals surface area contributed by atoms with Gasteiger partial charge in [-0.3, -0.25) is 0 Å². The van der Waals surface area contributed by atoms with Crippen molar-refractivity contribution in [3.63, 3.8) is 0 Å². The molecule has 0 aliphatic heterocycles. The van der Waals surface area contributed by atoms with Gasteiger partial charge in [0.2, 0.25) is 0 Å². The summed E-state index contributed by atoms with van der Waals surface area (Å²) in [5.41, 5.74) is 0. The van der Waals surface area contributed by atoms with Gasteiger partial charge in [0.1, 0.15) is 0 Å². The summed E-state index contributed by atoms with van der Waals surface area (Å²) in [6, 6.07) is 4.46. The maximum atomic E-state index is 5.61. The van der Waals surface area contributed by atoms with Gasteiger partial charge < -0.3 is 10.1 Å². The molecule has 0 aromatic carbocycles. The Kier molecular flexibility index (Phi) is 4.85. The number of aromatic nitrogens is 1. The Morgan fingerprint density at radius 3 is 3.06 bits per heavy atom. The zero-order valence-electron chi connectivity index (χ0n) is 11.5. The van der Waals surface area contributed by atoms with Gasteiger partial charge in [-0.05, 0) is 37.8 Å². The second-order valence-corrected chi connectivity index (χ2v) is 5.07. The van der Waals surface area contributed by atoms with Gasteiger partial charge in [0.25, 0.3) is 0 Å². The third-order valence-corrected chi connectivity index (χ3v) is 3.77. The van der Waals surface area contributed by atoms with Crippen molar-refractivity contribution in [2.45, 2.75) is 52.0 Å². The lowest BCUT2D eigenvalue weighted by Crippen LogP contribution is -2.27. The first kappa shape index (κ1) is 13.2. The Labute approximate surface area is 110 Å². The second-order valence-electron chi connectivity index (χ2n) is 5.07. The minimum absolute atomic E-state index is 0.554. The topological polar surface area (TPSA) is 34.1 Å². The average molecular weight is 248 g/mol. The van der Waals surface area contributed by atoms with Crippen molar-refractivity contribution < 1.29 is 4.74 Å². The Balaban J connectivity index is 1.99. The van der Waals surface area contributed by atoms with Crippen LogP contribution in [0.5, 0.6) is 5.75 Å². The van der Waals surface area contributed by atoms with Crippen LogP contribution in [0.2, 0.25) is 0 Å². The lowest BCUT2D eigenvalue weighted by atomic mass is 9.84. The number of nitrogens with one attached hydrogen (secondary N) is 1. The lowest BCUT2D eigenvalue weighted by molar-refractivity contribution is 0.322. The fraction of sp³-hybridized carbons (Fsp3) is 0.667. The SMILES string of the molecule is CCOc1cccnc1NC1CCCC(CC)C1. The van der Waals surface area contributed by atoms with Crippen LogP contribution in [0.4, 0.5) is 5.82 Å². The van der Waals surface area contributed by atoms with Gasteiger partial charge in [0, 0.05) is 12.2 Å². The van der Waals surface area contributed by atoms with Gasteiger partial charge in [0.15, 0.2) is 11.6 Å². The zero-order chi connectivity index (χ0) is 12.8. The highest BCUT2D eigenvalue weighted by Gasteiger charge is 2.21. The predicted octanol–water partition coefficient (Wildman–Crippen LogP) is 3.86. The molecule has 0 radical (unpaired) electrons. The molecular weight excluding hydrogens is 224 g/mol. The first-order valence-electron chi connectivity index (χ1n) is 7.17. The number of nitrogens with zero attached hydrogens (tertiary/aromatic N) is 1. The summed E-state index contributed by atoms with van der Waals surface area (Å²) in [6.45, 7) is 4.98. The molecule has 0 amide bonds. The molecule has 3 heteroatoms. The minimum atomic E-state index is 0.554. The molecule has 1 N–H and O–H groups in total. The smallest absolute Gasteiger partial charge is 0.168 e. The molecule has 1 saturated carbocycles. The fourth-order valence-electron chi connectivity index (χ4n) is 2.76. The second kappa shape index (κ2) is 6.62. The molecule has 3 nitrogen and oxygen atoms in total. The van der Waals surface area contributed by atoms with E-state index < -0.39 is 0 Å². The summed E-state index contributed by atoms with van der Waals surface area (Å²) < 4.78 is 5.61. The van der Waals surface area contributed by atoms with E-state index in [9.17, 15) is 0 Å². The minimum Gasteiger partial charge on any atom is -0.490 e. The monoisotopic (exact) mass is 248 g/mol. The molecule has 1 aromatic heterocycles. The standard InChI is InChI=1S/C15H24N2O/c1-3-12-7-5-8-13(11-12)17-15-14(18-4-2)9-6-10-16-15/h6,9-10,12-13H,3-5,7-8,11H2,1-2H3,(H,16,17). The van der Waals surface area contributed by atoms with Crippen LogP contribution in [-0.2, 0) is 0 Å². The molecule has 0 bridgehead atoms. The lowest BCUT2D eigenvalue weighted by Gasteiger charge is -2.29. The van der Waals surface area contributed by atoms with E-state index in [1.165, 1.54) is 32.1 Å². The molecule has 100 valence electrons. The summed E-state index contributed by atoms with van der Waals surface area (Å²) in [7, 11) is 0. The maximum absolute atomic E-state index is 5.61. The molecular formula is C15H24N2O. The molecule has 2 atom stereocenters. The number of hydrogen-bond acceptors (Lipinski definition) is 3. The van der Waals surface area contributed by atoms with E-state index in [-0.39, 0.29) is 0 Å². The van der Waals surface area contributed by atoms with Crippen LogP contribution in [0.3, 0.4) is 0 Å². The van der Waals surface area contributed by atoms with Crippen LogP contribution in [0.1, 0.15) is 46.0 Å². The molecule has 1 heterocycles. The third-order valence-electron chi connectivity index (χ3n) is 3.77. The normalized spacial score (nSPS) is 23.7. The maximum Gasteiger partial charge on any atom is 0.168 e. The molecule has 18 heavy (non-hydrogen) atoms. The summed E-state index contributed by atoms with van der Waals surface area (Å²) in [6.07, 6.45) is 8.34. The van der Waals surface area contributed by atoms with Crippen molar-refractivity contribution in [3.8, 4) is 5.75 Å². The highest BCUT2D eigenvalue weighted by molar-refractivity contribution is 5.50. The van der Waals surface area contributed by atoms with Gasteiger partial charge in [-0.25, -0.2) is 4.98 Å². The van der Waals surface area contributed by atoms with Crippen LogP contribution < -0.4 is 10.1 Å². The third kappa shape index (κ3) is 3.37. The van der Waals surface area contributed by atoms with E-state index in [1.807, 2.05) is 25.3 Å². The molecule has 0 saturated heterocycles. The Hall–Kier alpha value is -1.25. The number of pyridine rings is 1. The highest BCUT2D eigenvalue weighted by Crippen LogP contribution is 2.30. The van der Waals surface area contributed by atoms with E-state index in [2.05, 4.69) is 17.2 Å². The van der Waals surface area contributed by atoms with E-state index in [0.717, 1.165) is 17.5 Å². The molecule has 2 rings (SSSR count). The van der Waals surface area contributed by atoms with Crippen LogP contribution in [-0.4, -0.2) is 17.6 Å². The largest absolute Gasteiger partial charge is 0.490 e. The summed E-state index contributed by atoms with van der Waals surface area (Å²) >= 11 is 0. The van der Waals surface area contributed by atoms with Crippen molar-refractivity contribution in [3.05, 3.63) is 18.3 Å². The Bertz CT molecular complexity index is 367. The van der Waals surface area contributed by atoms with Crippen LogP contribution in [0, 0.1) is 5.92 Å². The van der Waals surface area contributed by atoms with Crippen molar-refractivity contribution in [1.29, 1.82) is 0 Å². The molecule has 1 aromatic rings. The molecule has 0 spiro atoms. The predicted molar refractivity (Wildman–Crippen MR) is 75.1 cm³/mol. The van der Waals surface area contributed by atoms with Gasteiger partial charge in [-0.1, -0.05) is 26.2 Å². The quantitative estimate of drug-likeness (QED) is 0.859. The first-order valence-corrected chi connectivity index (χ1v) is 7.17. The van der Waals surface area contributed by atoms with Crippen LogP contribution in [0.25, 0.3) is 0 Å². The van der Waals surface area contributed by atoms with E-state index in [4.69, 9.17) is 4.74 Å². The molecule has 1 aliphatic carbocycles. The number of anilines is 1. The van der Waals surface area contributed by atoms with Crippen molar-refractivity contribution in [2.75, 3.05) is 11.9 Å². The molecule has 2 unspecified atom stereocenters. The van der Waals surface area contributed by atoms with Crippen molar-refractivity contribution >= 4 is 5.82 Å². The van der Waals surface area contributed by atoms with Crippen molar-refractivity contribution in [1.82, 2.24) is 4.98 Å². The van der Waals surface area contributed by atoms with Gasteiger partial charge in [0.05, 0.1) is 6.61 Å². The molecule has 1 aliphatic rings. The van der Waals surface area contributed by atoms with E-state index in [0.29, 0.717) is 12.6 Å². The van der Waals surface area contributed by atoms with E-state index in [1.54, 1.807) is 0 Å². The fourth-order valence-corrected chi connectivity index (χ4v) is 2.76. The zero-order valence-corrected chi connectivity index (χ0v) is 11.5. The Morgan fingerprint density at radius 2 is 2.28 bits per heavy atom. The van der Waals surface area contributed by atoms with Crippen molar-refractivity contribution in [2.24, 2.45) is 5.92 Å². The Morgan fingerprint density at radius 1 is 1.39 bits per heavy atom. The number of ether oxygens (including phenoxy) is 1. The van der Waals surface area contributed by atoms with Gasteiger partial charge >= 0.3 is 0 Å². The molecule has 1 fully saturated rings. The summed E-state index contributed by atoms with van der Waals surface area (Å²) in [5, 5.41) is 3.56. The highest BCUT2D eigenvalue weighted by atomic mass is 16.5. The summed E-state index contributed by atoms with van der Waals surface area (Å²) in [5.74, 6) is 2.65. The van der Waals surface area contributed by atoms with Crippen LogP contribution >= 0.6 is 0 Å². The van der Waals surface area contributed by atoms with Gasteiger partial charge in [-0.15, -0.1) is 0 Å². The number of hydrogen-bond donors (Lipinski definition) is 1. The average Bonchev–Trinajstić information content (AvgIpc) is 2.41.